The number of aromatic nitrogens is 4. The lowest BCUT2D eigenvalue weighted by Gasteiger charge is -2.38. The number of benzene rings is 2. The van der Waals surface area contributed by atoms with Crippen LogP contribution in [-0.2, 0) is 0 Å². The molecular weight excluding hydrogens is 426 g/mol. The van der Waals surface area contributed by atoms with E-state index in [4.69, 9.17) is 16.3 Å². The van der Waals surface area contributed by atoms with E-state index in [1.807, 2.05) is 53.4 Å². The molecule has 32 heavy (non-hydrogen) atoms. The molecule has 4 aromatic rings. The van der Waals surface area contributed by atoms with Crippen molar-refractivity contribution >= 4 is 28.3 Å². The lowest BCUT2D eigenvalue weighted by atomic mass is 9.99. The minimum Gasteiger partial charge on any atom is -0.486 e. The number of pyridine rings is 1. The molecule has 1 saturated heterocycles. The Labute approximate surface area is 190 Å². The van der Waals surface area contributed by atoms with Crippen LogP contribution in [-0.4, -0.2) is 49.5 Å². The van der Waals surface area contributed by atoms with E-state index in [1.54, 1.807) is 18.6 Å². The molecule has 3 heterocycles. The van der Waals surface area contributed by atoms with Crippen molar-refractivity contribution in [3.8, 4) is 11.4 Å². The third-order valence-electron chi connectivity index (χ3n) is 5.87. The summed E-state index contributed by atoms with van der Waals surface area (Å²) in [5, 5.41) is 10.6. The summed E-state index contributed by atoms with van der Waals surface area (Å²) in [6, 6.07) is 15.3. The monoisotopic (exact) mass is 447 g/mol. The van der Waals surface area contributed by atoms with Gasteiger partial charge in [0.2, 0.25) is 0 Å². The molecule has 0 aliphatic carbocycles. The maximum Gasteiger partial charge on any atom is 0.256 e. The van der Waals surface area contributed by atoms with Crippen LogP contribution in [0.15, 0.2) is 67.1 Å². The quantitative estimate of drug-likeness (QED) is 0.429. The number of fused-ring (bicyclic) bond motifs is 1. The lowest BCUT2D eigenvalue weighted by Crippen LogP contribution is -2.49. The Hall–Kier alpha value is -3.45. The van der Waals surface area contributed by atoms with Gasteiger partial charge in [-0.25, -0.2) is 4.98 Å². The number of carbonyl (C=O) groups is 1. The number of piperidine rings is 1. The molecule has 0 saturated carbocycles. The fraction of sp³-hybridized carbons (Fsp3) is 0.250. The first-order valence-electron chi connectivity index (χ1n) is 10.6. The Morgan fingerprint density at radius 3 is 2.56 bits per heavy atom. The summed E-state index contributed by atoms with van der Waals surface area (Å²) in [5.41, 5.74) is 1.22. The highest BCUT2D eigenvalue weighted by atomic mass is 35.5. The minimum absolute atomic E-state index is 0.0576. The molecule has 2 aromatic heterocycles. The first-order chi connectivity index (χ1) is 15.6. The van der Waals surface area contributed by atoms with Crippen molar-refractivity contribution in [3.05, 3.63) is 77.8 Å². The molecule has 1 aliphatic rings. The summed E-state index contributed by atoms with van der Waals surface area (Å²) in [7, 11) is 0. The van der Waals surface area contributed by atoms with Gasteiger partial charge in [0.15, 0.2) is 0 Å². The fourth-order valence-electron chi connectivity index (χ4n) is 4.18. The van der Waals surface area contributed by atoms with E-state index in [1.165, 1.54) is 4.80 Å². The van der Waals surface area contributed by atoms with Crippen LogP contribution in [0.1, 0.15) is 30.1 Å². The zero-order valence-electron chi connectivity index (χ0n) is 17.6. The van der Waals surface area contributed by atoms with Gasteiger partial charge in [0.25, 0.3) is 5.91 Å². The van der Waals surface area contributed by atoms with Gasteiger partial charge in [0.05, 0.1) is 36.4 Å². The predicted molar refractivity (Wildman–Crippen MR) is 122 cm³/mol. The van der Waals surface area contributed by atoms with Crippen molar-refractivity contribution in [2.24, 2.45) is 0 Å². The molecule has 1 aliphatic heterocycles. The van der Waals surface area contributed by atoms with Gasteiger partial charge in [-0.05, 0) is 31.9 Å². The molecule has 7 nitrogen and oxygen atoms in total. The van der Waals surface area contributed by atoms with E-state index in [2.05, 4.69) is 22.1 Å². The second-order valence-corrected chi connectivity index (χ2v) is 8.28. The van der Waals surface area contributed by atoms with Crippen molar-refractivity contribution in [3.63, 3.8) is 0 Å². The van der Waals surface area contributed by atoms with Crippen LogP contribution in [0, 0.1) is 0 Å². The van der Waals surface area contributed by atoms with Crippen LogP contribution in [0.4, 0.5) is 0 Å². The summed E-state index contributed by atoms with van der Waals surface area (Å²) in [6.45, 7) is 2.56. The molecule has 0 radical (unpaired) electrons. The highest BCUT2D eigenvalue weighted by molar-refractivity contribution is 6.34. The highest BCUT2D eigenvalue weighted by Crippen LogP contribution is 2.32. The number of rotatable bonds is 4. The summed E-state index contributed by atoms with van der Waals surface area (Å²) in [5.74, 6) is 0.621. The van der Waals surface area contributed by atoms with Gasteiger partial charge < -0.3 is 9.64 Å². The smallest absolute Gasteiger partial charge is 0.256 e. The zero-order chi connectivity index (χ0) is 22.1. The Kier molecular flexibility index (Phi) is 5.49. The van der Waals surface area contributed by atoms with Gasteiger partial charge in [-0.15, -0.1) is 0 Å². The molecule has 0 bridgehead atoms. The number of likely N-dealkylation sites (tertiary alicyclic amines) is 1. The topological polar surface area (TPSA) is 73.1 Å². The molecule has 5 rings (SSSR count). The minimum atomic E-state index is -0.142. The van der Waals surface area contributed by atoms with Crippen molar-refractivity contribution in [1.29, 1.82) is 0 Å². The second-order valence-electron chi connectivity index (χ2n) is 7.92. The maximum atomic E-state index is 13.6. The molecule has 0 unspecified atom stereocenters. The number of amides is 1. The number of ether oxygens (including phenoxy) is 1. The van der Waals surface area contributed by atoms with Crippen LogP contribution in [0.5, 0.6) is 5.75 Å². The first-order valence-corrected chi connectivity index (χ1v) is 11.0. The second kappa shape index (κ2) is 8.59. The largest absolute Gasteiger partial charge is 0.486 e. The molecule has 1 amide bonds. The Balaban J connectivity index is 1.41. The molecule has 1 fully saturated rings. The third kappa shape index (κ3) is 3.80. The summed E-state index contributed by atoms with van der Waals surface area (Å²) in [4.78, 5) is 21.2. The van der Waals surface area contributed by atoms with E-state index in [9.17, 15) is 4.79 Å². The van der Waals surface area contributed by atoms with Crippen molar-refractivity contribution in [2.75, 3.05) is 6.54 Å². The van der Waals surface area contributed by atoms with Crippen LogP contribution in [0.2, 0.25) is 5.15 Å². The Morgan fingerprint density at radius 2 is 1.75 bits per heavy atom. The van der Waals surface area contributed by atoms with Crippen LogP contribution in [0.25, 0.3) is 16.5 Å². The van der Waals surface area contributed by atoms with Gasteiger partial charge in [0, 0.05) is 16.8 Å². The van der Waals surface area contributed by atoms with Crippen LogP contribution in [0.3, 0.4) is 0 Å². The van der Waals surface area contributed by atoms with Gasteiger partial charge >= 0.3 is 0 Å². The van der Waals surface area contributed by atoms with Crippen molar-refractivity contribution in [2.45, 2.75) is 31.9 Å². The van der Waals surface area contributed by atoms with Gasteiger partial charge in [-0.3, -0.25) is 4.79 Å². The molecule has 0 N–H and O–H groups in total. The van der Waals surface area contributed by atoms with E-state index >= 15 is 0 Å². The predicted octanol–water partition coefficient (Wildman–Crippen LogP) is 4.54. The number of para-hydroxylation sites is 1. The molecule has 0 spiro atoms. The number of carbonyl (C=O) groups excluding carboxylic acids is 1. The lowest BCUT2D eigenvalue weighted by molar-refractivity contribution is 0.0387. The van der Waals surface area contributed by atoms with Crippen LogP contribution < -0.4 is 4.74 Å². The number of hydrogen-bond acceptors (Lipinski definition) is 5. The van der Waals surface area contributed by atoms with E-state index in [-0.39, 0.29) is 18.1 Å². The summed E-state index contributed by atoms with van der Waals surface area (Å²) >= 11 is 6.25. The van der Waals surface area contributed by atoms with E-state index in [0.717, 1.165) is 23.6 Å². The molecule has 2 atom stereocenters. The van der Waals surface area contributed by atoms with Gasteiger partial charge in [0.1, 0.15) is 17.0 Å². The van der Waals surface area contributed by atoms with Crippen molar-refractivity contribution < 1.29 is 9.53 Å². The molecule has 162 valence electrons. The van der Waals surface area contributed by atoms with Gasteiger partial charge in [-0.1, -0.05) is 48.0 Å². The summed E-state index contributed by atoms with van der Waals surface area (Å²) in [6.07, 6.45) is 6.41. The van der Waals surface area contributed by atoms with E-state index in [0.29, 0.717) is 28.7 Å². The fourth-order valence-corrected chi connectivity index (χ4v) is 4.40. The maximum absolute atomic E-state index is 13.6. The molecule has 8 heteroatoms. The first kappa shape index (κ1) is 20.5. The zero-order valence-corrected chi connectivity index (χ0v) is 18.3. The van der Waals surface area contributed by atoms with Crippen molar-refractivity contribution in [1.82, 2.24) is 24.9 Å². The van der Waals surface area contributed by atoms with Gasteiger partial charge in [-0.2, -0.15) is 15.0 Å². The average Bonchev–Trinajstić information content (AvgIpc) is 3.37. The third-order valence-corrected chi connectivity index (χ3v) is 6.17. The number of hydrogen-bond donors (Lipinski definition) is 0. The summed E-state index contributed by atoms with van der Waals surface area (Å²) < 4.78 is 6.35. The molecule has 2 aromatic carbocycles. The van der Waals surface area contributed by atoms with E-state index < -0.39 is 0 Å². The average molecular weight is 448 g/mol. The standard InChI is InChI=1S/C24H22ClN5O2/c1-16-10-11-17(32-22-14-26-23(25)19-7-3-2-6-18(19)22)15-29(16)24(31)20-8-4-5-9-21(20)30-27-12-13-28-30/h2-9,12-14,16-17H,10-11,15H2,1H3/t16-,17+/m1/s1. The van der Waals surface area contributed by atoms with Crippen LogP contribution >= 0.6 is 11.6 Å². The molecular formula is C24H22ClN5O2. The SMILES string of the molecule is C[C@@H]1CC[C@H](Oc2cnc(Cl)c3ccccc23)CN1C(=O)c1ccccc1-n1nccn1. The Bertz CT molecular complexity index is 1260. The number of nitrogens with zero attached hydrogens (tertiary/aromatic N) is 5. The normalized spacial score (nSPS) is 18.6. The highest BCUT2D eigenvalue weighted by Gasteiger charge is 2.32. The number of halogens is 1. The Morgan fingerprint density at radius 1 is 1.03 bits per heavy atom.